The van der Waals surface area contributed by atoms with E-state index in [-0.39, 0.29) is 12.5 Å². The van der Waals surface area contributed by atoms with Crippen molar-refractivity contribution >= 4 is 45.6 Å². The lowest BCUT2D eigenvalue weighted by Crippen LogP contribution is -2.35. The Bertz CT molecular complexity index is 915. The lowest BCUT2D eigenvalue weighted by Gasteiger charge is -2.11. The van der Waals surface area contributed by atoms with Crippen LogP contribution in [0.25, 0.3) is 0 Å². The van der Waals surface area contributed by atoms with Crippen LogP contribution >= 0.6 is 15.9 Å². The molecular formula is C19H19BrN4O4. The number of carbonyl (C=O) groups is 3. The average Bonchev–Trinajstić information content (AvgIpc) is 2.68. The van der Waals surface area contributed by atoms with Crippen molar-refractivity contribution in [3.63, 3.8) is 0 Å². The zero-order valence-electron chi connectivity index (χ0n) is 15.3. The minimum absolute atomic E-state index is 0.207. The van der Waals surface area contributed by atoms with E-state index in [4.69, 9.17) is 4.74 Å². The number of anilines is 1. The molecule has 3 N–H and O–H groups in total. The normalized spacial score (nSPS) is 10.4. The van der Waals surface area contributed by atoms with Crippen molar-refractivity contribution in [3.05, 3.63) is 58.1 Å². The van der Waals surface area contributed by atoms with Crippen LogP contribution in [0.15, 0.2) is 52.0 Å². The van der Waals surface area contributed by atoms with E-state index in [1.54, 1.807) is 24.3 Å². The fourth-order valence-corrected chi connectivity index (χ4v) is 2.50. The van der Waals surface area contributed by atoms with Crippen molar-refractivity contribution in [1.29, 1.82) is 0 Å². The molecule has 0 radical (unpaired) electrons. The van der Waals surface area contributed by atoms with Gasteiger partial charge in [0.15, 0.2) is 6.61 Å². The first-order valence-corrected chi connectivity index (χ1v) is 9.03. The third-order valence-electron chi connectivity index (χ3n) is 3.55. The molecule has 0 saturated heterocycles. The number of aryl methyl sites for hydroxylation is 1. The molecule has 0 aliphatic rings. The van der Waals surface area contributed by atoms with E-state index in [0.29, 0.717) is 17.0 Å². The number of nitrogens with zero attached hydrogens (tertiary/aromatic N) is 1. The average molecular weight is 447 g/mol. The highest BCUT2D eigenvalue weighted by Crippen LogP contribution is 2.22. The number of carbonyl (C=O) groups excluding carboxylic acids is 3. The number of hydrazone groups is 1. The third-order valence-corrected chi connectivity index (χ3v) is 4.05. The van der Waals surface area contributed by atoms with Gasteiger partial charge in [0, 0.05) is 22.8 Å². The molecule has 0 fully saturated rings. The maximum atomic E-state index is 12.1. The Balaban J connectivity index is 2.01. The molecule has 3 amide bonds. The third kappa shape index (κ3) is 6.20. The Hall–Kier alpha value is -3.20. The molecule has 2 aromatic rings. The molecule has 28 heavy (non-hydrogen) atoms. The van der Waals surface area contributed by atoms with Crippen LogP contribution in [-0.4, -0.2) is 37.6 Å². The molecular weight excluding hydrogens is 428 g/mol. The summed E-state index contributed by atoms with van der Waals surface area (Å²) in [7, 11) is 1.34. The SMILES string of the molecule is CNC(=O)C(=O)N/N=C\c1cc(Br)ccc1OCC(=O)Nc1ccccc1C. The van der Waals surface area contributed by atoms with E-state index in [1.165, 1.54) is 13.3 Å². The van der Waals surface area contributed by atoms with Crippen molar-refractivity contribution in [2.75, 3.05) is 19.0 Å². The number of para-hydroxylation sites is 1. The van der Waals surface area contributed by atoms with E-state index >= 15 is 0 Å². The van der Waals surface area contributed by atoms with Crippen molar-refractivity contribution < 1.29 is 19.1 Å². The summed E-state index contributed by atoms with van der Waals surface area (Å²) in [5.74, 6) is -1.63. The lowest BCUT2D eigenvalue weighted by atomic mass is 10.2. The second kappa shape index (κ2) is 10.2. The first-order chi connectivity index (χ1) is 13.4. The molecule has 0 aliphatic heterocycles. The molecule has 0 aliphatic carbocycles. The molecule has 2 aromatic carbocycles. The van der Waals surface area contributed by atoms with Gasteiger partial charge in [-0.25, -0.2) is 5.43 Å². The van der Waals surface area contributed by atoms with Gasteiger partial charge in [0.25, 0.3) is 5.91 Å². The van der Waals surface area contributed by atoms with Crippen LogP contribution in [0.3, 0.4) is 0 Å². The molecule has 9 heteroatoms. The smallest absolute Gasteiger partial charge is 0.329 e. The van der Waals surface area contributed by atoms with E-state index in [2.05, 4.69) is 37.1 Å². The Kier molecular flexibility index (Phi) is 7.70. The number of hydrogen-bond donors (Lipinski definition) is 3. The summed E-state index contributed by atoms with van der Waals surface area (Å²) in [6, 6.07) is 12.5. The highest BCUT2D eigenvalue weighted by Gasteiger charge is 2.10. The molecule has 0 heterocycles. The van der Waals surface area contributed by atoms with Gasteiger partial charge in [0.2, 0.25) is 0 Å². The topological polar surface area (TPSA) is 109 Å². The molecule has 146 valence electrons. The van der Waals surface area contributed by atoms with Gasteiger partial charge in [-0.3, -0.25) is 14.4 Å². The van der Waals surface area contributed by atoms with Crippen molar-refractivity contribution in [2.24, 2.45) is 5.10 Å². The predicted octanol–water partition coefficient (Wildman–Crippen LogP) is 1.97. The second-order valence-electron chi connectivity index (χ2n) is 5.61. The lowest BCUT2D eigenvalue weighted by molar-refractivity contribution is -0.138. The van der Waals surface area contributed by atoms with Crippen molar-refractivity contribution in [2.45, 2.75) is 6.92 Å². The van der Waals surface area contributed by atoms with Gasteiger partial charge in [0.1, 0.15) is 5.75 Å². The van der Waals surface area contributed by atoms with E-state index < -0.39 is 11.8 Å². The number of rotatable bonds is 6. The summed E-state index contributed by atoms with van der Waals surface area (Å²) >= 11 is 3.34. The summed E-state index contributed by atoms with van der Waals surface area (Å²) in [4.78, 5) is 34.7. The molecule has 0 spiro atoms. The minimum Gasteiger partial charge on any atom is -0.483 e. The number of likely N-dealkylation sites (N-methyl/N-ethyl adjacent to an activating group) is 1. The van der Waals surface area contributed by atoms with Gasteiger partial charge in [-0.1, -0.05) is 34.1 Å². The van der Waals surface area contributed by atoms with Gasteiger partial charge < -0.3 is 15.4 Å². The molecule has 0 saturated carbocycles. The van der Waals surface area contributed by atoms with Gasteiger partial charge in [0.05, 0.1) is 6.21 Å². The summed E-state index contributed by atoms with van der Waals surface area (Å²) in [5.41, 5.74) is 4.27. The van der Waals surface area contributed by atoms with Crippen LogP contribution in [0.5, 0.6) is 5.75 Å². The Morgan fingerprint density at radius 2 is 1.89 bits per heavy atom. The number of nitrogens with one attached hydrogen (secondary N) is 3. The van der Waals surface area contributed by atoms with E-state index in [1.807, 2.05) is 25.1 Å². The predicted molar refractivity (Wildman–Crippen MR) is 109 cm³/mol. The fraction of sp³-hybridized carbons (Fsp3) is 0.158. The Morgan fingerprint density at radius 3 is 2.61 bits per heavy atom. The number of halogens is 1. The molecule has 8 nitrogen and oxygen atoms in total. The fourth-order valence-electron chi connectivity index (χ4n) is 2.12. The van der Waals surface area contributed by atoms with Gasteiger partial charge in [-0.05, 0) is 36.8 Å². The number of hydrogen-bond acceptors (Lipinski definition) is 5. The highest BCUT2D eigenvalue weighted by atomic mass is 79.9. The maximum Gasteiger partial charge on any atom is 0.329 e. The van der Waals surface area contributed by atoms with Crippen molar-refractivity contribution in [3.8, 4) is 5.75 Å². The zero-order chi connectivity index (χ0) is 20.5. The maximum absolute atomic E-state index is 12.1. The summed E-state index contributed by atoms with van der Waals surface area (Å²) in [6.45, 7) is 1.69. The monoisotopic (exact) mass is 446 g/mol. The zero-order valence-corrected chi connectivity index (χ0v) is 16.9. The van der Waals surface area contributed by atoms with Crippen LogP contribution in [0.1, 0.15) is 11.1 Å². The van der Waals surface area contributed by atoms with E-state index in [9.17, 15) is 14.4 Å². The standard InChI is InChI=1S/C19H19BrN4O4/c1-12-5-3-4-6-15(12)23-17(25)11-28-16-8-7-14(20)9-13(16)10-22-24-19(27)18(26)21-2/h3-10H,11H2,1-2H3,(H,21,26)(H,23,25)(H,24,27)/b22-10-. The largest absolute Gasteiger partial charge is 0.483 e. The Labute approximate surface area is 170 Å². The van der Waals surface area contributed by atoms with Crippen LogP contribution in [0.4, 0.5) is 5.69 Å². The van der Waals surface area contributed by atoms with Gasteiger partial charge in [-0.2, -0.15) is 5.10 Å². The molecule has 0 bridgehead atoms. The second-order valence-corrected chi connectivity index (χ2v) is 6.53. The first kappa shape index (κ1) is 21.1. The van der Waals surface area contributed by atoms with E-state index in [0.717, 1.165) is 10.0 Å². The van der Waals surface area contributed by atoms with Crippen LogP contribution < -0.4 is 20.8 Å². The molecule has 0 aromatic heterocycles. The molecule has 0 unspecified atom stereocenters. The summed E-state index contributed by atoms with van der Waals surface area (Å²) in [6.07, 6.45) is 1.32. The van der Waals surface area contributed by atoms with Crippen LogP contribution in [0, 0.1) is 6.92 Å². The minimum atomic E-state index is -0.895. The van der Waals surface area contributed by atoms with Crippen LogP contribution in [-0.2, 0) is 14.4 Å². The van der Waals surface area contributed by atoms with Gasteiger partial charge >= 0.3 is 11.8 Å². The number of benzene rings is 2. The summed E-state index contributed by atoms with van der Waals surface area (Å²) < 4.78 is 6.33. The number of amides is 3. The molecule has 2 rings (SSSR count). The molecule has 0 atom stereocenters. The highest BCUT2D eigenvalue weighted by molar-refractivity contribution is 9.10. The van der Waals surface area contributed by atoms with Crippen molar-refractivity contribution in [1.82, 2.24) is 10.7 Å². The quantitative estimate of drug-likeness (QED) is 0.358. The summed E-state index contributed by atoms with van der Waals surface area (Å²) in [5, 5.41) is 8.70. The first-order valence-electron chi connectivity index (χ1n) is 8.23. The Morgan fingerprint density at radius 1 is 1.14 bits per heavy atom. The van der Waals surface area contributed by atoms with Crippen LogP contribution in [0.2, 0.25) is 0 Å². The number of ether oxygens (including phenoxy) is 1. The van der Waals surface area contributed by atoms with Gasteiger partial charge in [-0.15, -0.1) is 0 Å².